The average Bonchev–Trinajstić information content (AvgIpc) is 3.13. The Morgan fingerprint density at radius 1 is 1.11 bits per heavy atom. The Hall–Kier alpha value is -2.17. The smallest absolute Gasteiger partial charge is 0.309 e. The summed E-state index contributed by atoms with van der Waals surface area (Å²) in [5.74, 6) is -0.0748. The quantitative estimate of drug-likeness (QED) is 0.159. The predicted octanol–water partition coefficient (Wildman–Crippen LogP) is 7.62. The van der Waals surface area contributed by atoms with Crippen molar-refractivity contribution < 1.29 is 23.5 Å². The molecule has 3 rings (SSSR count). The maximum absolute atomic E-state index is 13.5. The number of hydrogen-bond acceptors (Lipinski definition) is 4. The third kappa shape index (κ3) is 7.20. The van der Waals surface area contributed by atoms with Crippen molar-refractivity contribution in [1.29, 1.82) is 0 Å². The van der Waals surface area contributed by atoms with E-state index in [-0.39, 0.29) is 47.5 Å². The summed E-state index contributed by atoms with van der Waals surface area (Å²) in [5, 5.41) is 0. The lowest BCUT2D eigenvalue weighted by Gasteiger charge is -2.40. The van der Waals surface area contributed by atoms with Crippen LogP contribution in [0.5, 0.6) is 0 Å². The van der Waals surface area contributed by atoms with E-state index in [1.54, 1.807) is 12.1 Å². The predicted molar refractivity (Wildman–Crippen MR) is 141 cm³/mol. The van der Waals surface area contributed by atoms with Crippen LogP contribution in [0.2, 0.25) is 0 Å². The topological polar surface area (TPSA) is 52.6 Å². The number of fused-ring (bicyclic) bond motifs is 2. The van der Waals surface area contributed by atoms with Gasteiger partial charge in [0.05, 0.1) is 13.0 Å². The van der Waals surface area contributed by atoms with Crippen molar-refractivity contribution in [3.05, 3.63) is 47.8 Å². The first-order valence-electron chi connectivity index (χ1n) is 14.1. The number of methoxy groups -OCH3 is 1. The van der Waals surface area contributed by atoms with Crippen LogP contribution in [0.3, 0.4) is 0 Å². The number of halogens is 1. The van der Waals surface area contributed by atoms with Crippen LogP contribution in [0.4, 0.5) is 4.39 Å². The normalized spacial score (nSPS) is 27.1. The molecule has 2 aliphatic rings. The molecule has 0 spiro atoms. The summed E-state index contributed by atoms with van der Waals surface area (Å²) in [6.45, 7) is 6.50. The Morgan fingerprint density at radius 2 is 1.86 bits per heavy atom. The molecule has 2 saturated carbocycles. The third-order valence-electron chi connectivity index (χ3n) is 8.60. The van der Waals surface area contributed by atoms with Crippen molar-refractivity contribution in [3.63, 3.8) is 0 Å². The summed E-state index contributed by atoms with van der Waals surface area (Å²) < 4.78 is 24.9. The summed E-state index contributed by atoms with van der Waals surface area (Å²) in [6, 6.07) is 6.50. The van der Waals surface area contributed by atoms with Crippen LogP contribution in [-0.2, 0) is 19.1 Å². The van der Waals surface area contributed by atoms with Crippen molar-refractivity contribution in [2.24, 2.45) is 29.6 Å². The second-order valence-electron chi connectivity index (χ2n) is 10.9. The Labute approximate surface area is 217 Å². The molecule has 1 aromatic carbocycles. The fourth-order valence-corrected chi connectivity index (χ4v) is 6.65. The van der Waals surface area contributed by atoms with E-state index in [0.29, 0.717) is 18.3 Å². The van der Waals surface area contributed by atoms with E-state index >= 15 is 0 Å². The molecule has 2 aliphatic carbocycles. The van der Waals surface area contributed by atoms with E-state index in [0.717, 1.165) is 50.5 Å². The lowest BCUT2D eigenvalue weighted by atomic mass is 9.63. The second-order valence-corrected chi connectivity index (χ2v) is 10.9. The monoisotopic (exact) mass is 500 g/mol. The fourth-order valence-electron chi connectivity index (χ4n) is 6.65. The van der Waals surface area contributed by atoms with Gasteiger partial charge in [-0.25, -0.2) is 4.39 Å². The van der Waals surface area contributed by atoms with Crippen LogP contribution < -0.4 is 0 Å². The standard InChI is InChI=1S/C31H45FO4/c1-5-7-9-11-21(3)28(12-10-8-6-2)36-29(33)20-26-23-15-18-25(26)30(31(34)35-4)27(19-23)22-13-16-24(32)17-14-22/h8,10,13-14,16-17,21,23,25-28,30H,5-7,9,11-12,15,18-20H2,1-4H3/b10-8-/t21-,23?,25?,26?,27?,28-,30?/m0/s1. The summed E-state index contributed by atoms with van der Waals surface area (Å²) in [7, 11) is 1.43. The number of hydrogen-bond donors (Lipinski definition) is 0. The lowest BCUT2D eigenvalue weighted by Crippen LogP contribution is -2.40. The van der Waals surface area contributed by atoms with Gasteiger partial charge in [-0.2, -0.15) is 0 Å². The number of unbranched alkanes of at least 4 members (excludes halogenated alkanes) is 2. The van der Waals surface area contributed by atoms with Crippen molar-refractivity contribution >= 4 is 11.9 Å². The first-order chi connectivity index (χ1) is 17.4. The molecule has 5 heteroatoms. The SMILES string of the molecule is CC/C=C\C[C@H](OC(=O)CC1C2CCC1C(C(=O)OC)C(c1ccc(F)cc1)C2)[C@@H](C)CCCCC. The van der Waals surface area contributed by atoms with Gasteiger partial charge < -0.3 is 9.47 Å². The minimum atomic E-state index is -0.312. The molecule has 0 aliphatic heterocycles. The number of carbonyl (C=O) groups is 2. The van der Waals surface area contributed by atoms with Gasteiger partial charge in [-0.05, 0) is 79.4 Å². The molecule has 0 heterocycles. The highest BCUT2D eigenvalue weighted by Crippen LogP contribution is 2.56. The van der Waals surface area contributed by atoms with Crippen LogP contribution in [0, 0.1) is 35.4 Å². The molecular weight excluding hydrogens is 455 g/mol. The van der Waals surface area contributed by atoms with Crippen LogP contribution in [-0.4, -0.2) is 25.2 Å². The van der Waals surface area contributed by atoms with Crippen LogP contribution >= 0.6 is 0 Å². The van der Waals surface area contributed by atoms with E-state index < -0.39 is 0 Å². The fraction of sp³-hybridized carbons (Fsp3) is 0.677. The van der Waals surface area contributed by atoms with E-state index in [4.69, 9.17) is 9.47 Å². The Balaban J connectivity index is 1.71. The highest BCUT2D eigenvalue weighted by molar-refractivity contribution is 5.75. The van der Waals surface area contributed by atoms with Gasteiger partial charge in [0, 0.05) is 12.8 Å². The highest BCUT2D eigenvalue weighted by atomic mass is 19.1. The first-order valence-corrected chi connectivity index (χ1v) is 14.1. The molecule has 0 amide bonds. The van der Waals surface area contributed by atoms with Crippen LogP contribution in [0.15, 0.2) is 36.4 Å². The maximum atomic E-state index is 13.5. The molecule has 0 N–H and O–H groups in total. The molecule has 0 saturated heterocycles. The summed E-state index contributed by atoms with van der Waals surface area (Å²) in [5.41, 5.74) is 0.980. The first kappa shape index (κ1) is 28.4. The van der Waals surface area contributed by atoms with Gasteiger partial charge in [0.25, 0.3) is 0 Å². The zero-order valence-electron chi connectivity index (χ0n) is 22.6. The zero-order chi connectivity index (χ0) is 26.1. The maximum Gasteiger partial charge on any atom is 0.309 e. The zero-order valence-corrected chi connectivity index (χ0v) is 22.6. The minimum Gasteiger partial charge on any atom is -0.469 e. The van der Waals surface area contributed by atoms with Gasteiger partial charge in [-0.15, -0.1) is 0 Å². The largest absolute Gasteiger partial charge is 0.469 e. The summed E-state index contributed by atoms with van der Waals surface area (Å²) in [4.78, 5) is 26.2. The molecule has 2 fully saturated rings. The number of allylic oxidation sites excluding steroid dienone is 1. The van der Waals surface area contributed by atoms with E-state index in [9.17, 15) is 14.0 Å². The highest BCUT2D eigenvalue weighted by Gasteiger charge is 2.52. The Morgan fingerprint density at radius 3 is 2.53 bits per heavy atom. The molecule has 7 atom stereocenters. The Kier molecular flexibility index (Phi) is 11.0. The number of carbonyl (C=O) groups excluding carboxylic acids is 2. The third-order valence-corrected chi connectivity index (χ3v) is 8.60. The van der Waals surface area contributed by atoms with E-state index in [1.807, 2.05) is 0 Å². The molecule has 200 valence electrons. The van der Waals surface area contributed by atoms with Crippen molar-refractivity contribution in [3.8, 4) is 0 Å². The number of benzene rings is 1. The minimum absolute atomic E-state index is 0.00617. The summed E-state index contributed by atoms with van der Waals surface area (Å²) in [6.07, 6.45) is 13.6. The van der Waals surface area contributed by atoms with Crippen molar-refractivity contribution in [2.45, 2.75) is 97.0 Å². The molecule has 36 heavy (non-hydrogen) atoms. The van der Waals surface area contributed by atoms with E-state index in [2.05, 4.69) is 32.9 Å². The van der Waals surface area contributed by atoms with Gasteiger partial charge in [0.2, 0.25) is 0 Å². The molecule has 0 aromatic heterocycles. The second kappa shape index (κ2) is 13.9. The van der Waals surface area contributed by atoms with E-state index in [1.165, 1.54) is 32.1 Å². The van der Waals surface area contributed by atoms with Gasteiger partial charge >= 0.3 is 11.9 Å². The van der Waals surface area contributed by atoms with Crippen molar-refractivity contribution in [1.82, 2.24) is 0 Å². The lowest BCUT2D eigenvalue weighted by molar-refractivity contribution is -0.157. The van der Waals surface area contributed by atoms with Gasteiger partial charge in [-0.3, -0.25) is 9.59 Å². The molecule has 4 nitrogen and oxygen atoms in total. The van der Waals surface area contributed by atoms with Crippen LogP contribution in [0.1, 0.15) is 96.5 Å². The molecular formula is C31H45FO4. The molecule has 2 bridgehead atoms. The molecule has 0 radical (unpaired) electrons. The molecule has 1 aromatic rings. The van der Waals surface area contributed by atoms with Gasteiger partial charge in [0.1, 0.15) is 11.9 Å². The van der Waals surface area contributed by atoms with Crippen LogP contribution in [0.25, 0.3) is 0 Å². The van der Waals surface area contributed by atoms with Gasteiger partial charge in [-0.1, -0.05) is 64.3 Å². The Bertz CT molecular complexity index is 864. The molecule has 5 unspecified atom stereocenters. The summed E-state index contributed by atoms with van der Waals surface area (Å²) >= 11 is 0. The average molecular weight is 501 g/mol. The number of esters is 2. The van der Waals surface area contributed by atoms with Crippen molar-refractivity contribution in [2.75, 3.05) is 7.11 Å². The number of ether oxygens (including phenoxy) is 2. The number of rotatable bonds is 13. The van der Waals surface area contributed by atoms with Gasteiger partial charge in [0.15, 0.2) is 0 Å².